The molecule has 2 aromatic heterocycles. The molecule has 5 rings (SSSR count). The predicted octanol–water partition coefficient (Wildman–Crippen LogP) is 3.49. The minimum absolute atomic E-state index is 0.0592. The first-order valence-electron chi connectivity index (χ1n) is 10.3. The zero-order valence-electron chi connectivity index (χ0n) is 18.1. The summed E-state index contributed by atoms with van der Waals surface area (Å²) < 4.78 is 17.1. The van der Waals surface area contributed by atoms with E-state index in [-0.39, 0.29) is 12.5 Å². The van der Waals surface area contributed by atoms with E-state index in [1.54, 1.807) is 16.8 Å². The number of halogens is 1. The molecule has 0 saturated heterocycles. The lowest BCUT2D eigenvalue weighted by molar-refractivity contribution is 0.0729. The number of carbonyl (C=O) groups excluding carboxylic acids is 1. The van der Waals surface area contributed by atoms with Crippen molar-refractivity contribution in [3.8, 4) is 11.1 Å². The lowest BCUT2D eigenvalue weighted by Crippen LogP contribution is -2.45. The lowest BCUT2D eigenvalue weighted by atomic mass is 9.59. The summed E-state index contributed by atoms with van der Waals surface area (Å²) in [5.41, 5.74) is 5.27. The zero-order chi connectivity index (χ0) is 22.8. The molecule has 0 unspecified atom stereocenters. The molecule has 154 valence electrons. The summed E-state index contributed by atoms with van der Waals surface area (Å²) in [4.78, 5) is 18.3. The number of rotatable bonds is 3. The molecule has 1 amide bonds. The Balaban J connectivity index is 1.55. The predicted molar refractivity (Wildman–Crippen MR) is 123 cm³/mol. The number of amides is 1. The van der Waals surface area contributed by atoms with Crippen LogP contribution in [0.25, 0.3) is 22.0 Å². The number of hydrogen-bond acceptors (Lipinski definition) is 3. The second kappa shape index (κ2) is 7.05. The number of fused-ring (bicyclic) bond motifs is 2. The van der Waals surface area contributed by atoms with Crippen LogP contribution in [0.3, 0.4) is 0 Å². The van der Waals surface area contributed by atoms with Gasteiger partial charge in [-0.3, -0.25) is 14.5 Å². The Bertz CT molecular complexity index is 1390. The fraction of sp³-hybridized carbons (Fsp3) is 0.208. The Morgan fingerprint density at radius 2 is 1.88 bits per heavy atom. The van der Waals surface area contributed by atoms with Crippen LogP contribution >= 0.6 is 0 Å². The van der Waals surface area contributed by atoms with Crippen LogP contribution in [0.2, 0.25) is 0 Å². The smallest absolute Gasteiger partial charge is 0.255 e. The summed E-state index contributed by atoms with van der Waals surface area (Å²) in [6.07, 6.45) is 3.47. The van der Waals surface area contributed by atoms with Crippen molar-refractivity contribution in [3.05, 3.63) is 82.6 Å². The van der Waals surface area contributed by atoms with Crippen LogP contribution in [0.4, 0.5) is 4.39 Å². The van der Waals surface area contributed by atoms with Crippen molar-refractivity contribution in [2.45, 2.75) is 25.7 Å². The van der Waals surface area contributed by atoms with Crippen LogP contribution in [-0.4, -0.2) is 41.3 Å². The first-order chi connectivity index (χ1) is 15.2. The molecule has 2 aromatic carbocycles. The van der Waals surface area contributed by atoms with Crippen molar-refractivity contribution in [1.29, 1.82) is 0 Å². The molecule has 8 heteroatoms. The molecule has 1 aliphatic heterocycles. The van der Waals surface area contributed by atoms with Gasteiger partial charge in [0.25, 0.3) is 5.91 Å². The number of pyridine rings is 1. The summed E-state index contributed by atoms with van der Waals surface area (Å²) in [6.45, 7) is 3.76. The van der Waals surface area contributed by atoms with Crippen molar-refractivity contribution in [2.24, 2.45) is 7.05 Å². The Kier molecular flexibility index (Phi) is 4.52. The van der Waals surface area contributed by atoms with E-state index < -0.39 is 11.2 Å². The van der Waals surface area contributed by atoms with Crippen LogP contribution in [0.5, 0.6) is 0 Å². The van der Waals surface area contributed by atoms with E-state index in [0.717, 1.165) is 27.6 Å². The van der Waals surface area contributed by atoms with Crippen LogP contribution in [0.1, 0.15) is 32.7 Å². The molecule has 4 aromatic rings. The second-order valence-corrected chi connectivity index (χ2v) is 8.36. The largest absolute Gasteiger partial charge is 0.340 e. The fourth-order valence-electron chi connectivity index (χ4n) is 4.43. The monoisotopic (exact) mass is 420 g/mol. The summed E-state index contributed by atoms with van der Waals surface area (Å²) in [5.74, 6) is -0.790. The molecule has 0 saturated carbocycles. The van der Waals surface area contributed by atoms with Gasteiger partial charge < -0.3 is 4.90 Å². The highest BCUT2D eigenvalue weighted by Crippen LogP contribution is 2.36. The van der Waals surface area contributed by atoms with Crippen molar-refractivity contribution >= 4 is 32.5 Å². The molecule has 0 N–H and O–H groups in total. The van der Waals surface area contributed by atoms with E-state index in [1.165, 1.54) is 17.2 Å². The topological polar surface area (TPSA) is 51.0 Å². The summed E-state index contributed by atoms with van der Waals surface area (Å²) in [6, 6.07) is 10.6. The molecule has 0 fully saturated rings. The maximum absolute atomic E-state index is 15.4. The molecular formula is C24H19B2FN4O. The van der Waals surface area contributed by atoms with Crippen LogP contribution in [0, 0.1) is 19.7 Å². The highest BCUT2D eigenvalue weighted by atomic mass is 19.1. The number of aromatic nitrogens is 3. The minimum atomic E-state index is -1.61. The van der Waals surface area contributed by atoms with Gasteiger partial charge in [0.2, 0.25) is 0 Å². The van der Waals surface area contributed by atoms with Gasteiger partial charge in [0.05, 0.1) is 32.5 Å². The Morgan fingerprint density at radius 3 is 2.59 bits per heavy atom. The molecule has 5 nitrogen and oxygen atoms in total. The summed E-state index contributed by atoms with van der Waals surface area (Å²) >= 11 is 0. The first-order valence-corrected chi connectivity index (χ1v) is 10.3. The van der Waals surface area contributed by atoms with E-state index in [0.29, 0.717) is 22.4 Å². The van der Waals surface area contributed by atoms with Crippen LogP contribution in [0.15, 0.2) is 48.8 Å². The highest BCUT2D eigenvalue weighted by Gasteiger charge is 2.43. The van der Waals surface area contributed by atoms with Gasteiger partial charge in [0.1, 0.15) is 5.82 Å². The summed E-state index contributed by atoms with van der Waals surface area (Å²) in [7, 11) is 14.4. The summed E-state index contributed by atoms with van der Waals surface area (Å²) in [5, 5.41) is 3.87. The zero-order valence-corrected chi connectivity index (χ0v) is 18.1. The van der Waals surface area contributed by atoms with Gasteiger partial charge in [-0.15, -0.1) is 0 Å². The minimum Gasteiger partial charge on any atom is -0.340 e. The van der Waals surface area contributed by atoms with Gasteiger partial charge in [-0.2, -0.15) is 5.10 Å². The normalized spacial score (nSPS) is 14.9. The molecule has 4 radical (unpaired) electrons. The van der Waals surface area contributed by atoms with Crippen molar-refractivity contribution in [1.82, 2.24) is 19.7 Å². The standard InChI is InChI=1S/C24H19B2FN4O/c1-13-6-7-16(19-11-30(3)29-21(13)19)15-9-14(2)18(20(27)10-15)12-31-23(32)17-5-4-8-28-22(17)24(31,25)26/h4-11H,12H2,1-3H3. The van der Waals surface area contributed by atoms with Gasteiger partial charge >= 0.3 is 0 Å². The number of carbonyl (C=O) groups is 1. The van der Waals surface area contributed by atoms with Gasteiger partial charge in [0, 0.05) is 42.3 Å². The van der Waals surface area contributed by atoms with Crippen molar-refractivity contribution in [3.63, 3.8) is 0 Å². The van der Waals surface area contributed by atoms with Gasteiger partial charge in [-0.05, 0) is 54.3 Å². The van der Waals surface area contributed by atoms with E-state index in [2.05, 4.69) is 10.1 Å². The lowest BCUT2D eigenvalue weighted by Gasteiger charge is -2.33. The Hall–Kier alpha value is -3.41. The number of hydrogen-bond donors (Lipinski definition) is 0. The molecule has 0 bridgehead atoms. The molecule has 3 heterocycles. The van der Waals surface area contributed by atoms with Crippen molar-refractivity contribution < 1.29 is 9.18 Å². The fourth-order valence-corrected chi connectivity index (χ4v) is 4.43. The third-order valence-corrected chi connectivity index (χ3v) is 6.15. The van der Waals surface area contributed by atoms with Crippen LogP contribution < -0.4 is 0 Å². The molecule has 32 heavy (non-hydrogen) atoms. The first kappa shape index (κ1) is 20.5. The third-order valence-electron chi connectivity index (χ3n) is 6.15. The quantitative estimate of drug-likeness (QED) is 0.477. The highest BCUT2D eigenvalue weighted by molar-refractivity contribution is 6.42. The molecule has 0 spiro atoms. The van der Waals surface area contributed by atoms with E-state index in [9.17, 15) is 4.79 Å². The average molecular weight is 420 g/mol. The number of benzene rings is 2. The van der Waals surface area contributed by atoms with E-state index in [1.807, 2.05) is 45.3 Å². The van der Waals surface area contributed by atoms with E-state index >= 15 is 4.39 Å². The molecule has 0 aliphatic carbocycles. The maximum atomic E-state index is 15.4. The molecule has 1 aliphatic rings. The number of aryl methyl sites for hydroxylation is 3. The van der Waals surface area contributed by atoms with Gasteiger partial charge in [-0.25, -0.2) is 4.39 Å². The average Bonchev–Trinajstić information content (AvgIpc) is 3.22. The Labute approximate surface area is 188 Å². The number of nitrogens with zero attached hydrogens (tertiary/aromatic N) is 4. The van der Waals surface area contributed by atoms with Crippen LogP contribution in [-0.2, 0) is 18.9 Å². The SMILES string of the molecule is [B]C1([B])c2ncccc2C(=O)N1Cc1c(C)cc(-c2ccc(C)c3nn(C)cc23)cc1F. The van der Waals surface area contributed by atoms with Crippen molar-refractivity contribution in [2.75, 3.05) is 0 Å². The maximum Gasteiger partial charge on any atom is 0.255 e. The third kappa shape index (κ3) is 2.97. The van der Waals surface area contributed by atoms with Gasteiger partial charge in [0.15, 0.2) is 0 Å². The van der Waals surface area contributed by atoms with Gasteiger partial charge in [-0.1, -0.05) is 18.2 Å². The second-order valence-electron chi connectivity index (χ2n) is 8.36. The molecular weight excluding hydrogens is 401 g/mol. The molecule has 0 atom stereocenters. The Morgan fingerprint density at radius 1 is 1.09 bits per heavy atom. The van der Waals surface area contributed by atoms with E-state index in [4.69, 9.17) is 15.7 Å².